The smallest absolute Gasteiger partial charge is 0.305 e. The fourth-order valence-corrected chi connectivity index (χ4v) is 10.7. The largest absolute Gasteiger partial charge is 0.466 e. The highest BCUT2D eigenvalue weighted by molar-refractivity contribution is 5.76. The Morgan fingerprint density at radius 1 is 0.368 bits per heavy atom. The van der Waals surface area contributed by atoms with Gasteiger partial charge in [0, 0.05) is 12.8 Å². The van der Waals surface area contributed by atoms with Crippen molar-refractivity contribution in [3.05, 3.63) is 36.5 Å². The van der Waals surface area contributed by atoms with Crippen LogP contribution in [0.15, 0.2) is 36.5 Å². The lowest BCUT2D eigenvalue weighted by Crippen LogP contribution is -2.45. The summed E-state index contributed by atoms with van der Waals surface area (Å²) in [7, 11) is 0. The van der Waals surface area contributed by atoms with Crippen LogP contribution in [0.2, 0.25) is 0 Å². The monoisotopic (exact) mass is 1070 g/mol. The Morgan fingerprint density at radius 3 is 1.03 bits per heavy atom. The van der Waals surface area contributed by atoms with Crippen molar-refractivity contribution in [3.63, 3.8) is 0 Å². The van der Waals surface area contributed by atoms with E-state index in [1.54, 1.807) is 0 Å². The van der Waals surface area contributed by atoms with Crippen molar-refractivity contribution in [2.75, 3.05) is 13.2 Å². The minimum Gasteiger partial charge on any atom is -0.466 e. The van der Waals surface area contributed by atoms with E-state index in [0.717, 1.165) is 64.2 Å². The molecular formula is C70H133NO5. The minimum atomic E-state index is -0.675. The summed E-state index contributed by atoms with van der Waals surface area (Å²) in [4.78, 5) is 24.6. The van der Waals surface area contributed by atoms with Gasteiger partial charge in [0.2, 0.25) is 5.91 Å². The van der Waals surface area contributed by atoms with Crippen LogP contribution in [0.1, 0.15) is 373 Å². The molecule has 0 bridgehead atoms. The lowest BCUT2D eigenvalue weighted by atomic mass is 10.0. The number of nitrogens with one attached hydrogen (secondary N) is 1. The first kappa shape index (κ1) is 74.1. The van der Waals surface area contributed by atoms with Gasteiger partial charge in [-0.2, -0.15) is 0 Å². The summed E-state index contributed by atoms with van der Waals surface area (Å²) in [5, 5.41) is 23.4. The molecule has 448 valence electrons. The quantitative estimate of drug-likeness (QED) is 0.0320. The van der Waals surface area contributed by atoms with E-state index in [2.05, 4.69) is 55.6 Å². The third-order valence-corrected chi connectivity index (χ3v) is 15.9. The summed E-state index contributed by atoms with van der Waals surface area (Å²) in [5.74, 6) is -0.0495. The Kier molecular flexibility index (Phi) is 63.9. The van der Waals surface area contributed by atoms with Gasteiger partial charge in [0.25, 0.3) is 0 Å². The molecule has 0 saturated heterocycles. The highest BCUT2D eigenvalue weighted by Gasteiger charge is 2.20. The van der Waals surface area contributed by atoms with E-state index in [1.807, 2.05) is 0 Å². The van der Waals surface area contributed by atoms with Crippen molar-refractivity contribution in [1.29, 1.82) is 0 Å². The lowest BCUT2D eigenvalue weighted by Gasteiger charge is -2.22. The summed E-state index contributed by atoms with van der Waals surface area (Å²) < 4.78 is 5.49. The van der Waals surface area contributed by atoms with Crippen LogP contribution in [-0.2, 0) is 14.3 Å². The Bertz CT molecular complexity index is 1230. The van der Waals surface area contributed by atoms with Crippen molar-refractivity contribution in [3.8, 4) is 0 Å². The molecule has 76 heavy (non-hydrogen) atoms. The van der Waals surface area contributed by atoms with Gasteiger partial charge in [-0.05, 0) is 83.5 Å². The van der Waals surface area contributed by atoms with E-state index >= 15 is 0 Å². The fourth-order valence-electron chi connectivity index (χ4n) is 10.7. The van der Waals surface area contributed by atoms with Crippen LogP contribution in [0.25, 0.3) is 0 Å². The van der Waals surface area contributed by atoms with E-state index in [0.29, 0.717) is 25.9 Å². The molecule has 0 aromatic carbocycles. The van der Waals surface area contributed by atoms with Crippen LogP contribution in [0.4, 0.5) is 0 Å². The first-order valence-electron chi connectivity index (χ1n) is 34.2. The van der Waals surface area contributed by atoms with Gasteiger partial charge in [-0.3, -0.25) is 9.59 Å². The van der Waals surface area contributed by atoms with Gasteiger partial charge in [0.05, 0.1) is 25.4 Å². The number of aliphatic hydroxyl groups is 2. The molecule has 0 aliphatic heterocycles. The zero-order valence-electron chi connectivity index (χ0n) is 51.3. The Balaban J connectivity index is 3.44. The van der Waals surface area contributed by atoms with Gasteiger partial charge in [-0.1, -0.05) is 314 Å². The molecule has 0 aromatic heterocycles. The number of aliphatic hydroxyl groups excluding tert-OH is 2. The highest BCUT2D eigenvalue weighted by atomic mass is 16.5. The van der Waals surface area contributed by atoms with E-state index in [4.69, 9.17) is 4.74 Å². The first-order valence-corrected chi connectivity index (χ1v) is 34.2. The number of esters is 1. The standard InChI is InChI=1S/C70H133NO5/c1-3-5-7-9-11-13-15-17-19-21-23-24-25-26-27-30-34-38-42-46-50-54-58-62-68(73)67(66-72)71-69(74)63-59-55-51-47-43-39-35-31-28-29-33-37-41-45-49-53-57-61-65-76-70(75)64-60-56-52-48-44-40-36-32-22-20-18-16-14-12-10-8-6-4-2/h14,16,20,22,31,35,67-68,72-73H,3-13,15,17-19,21,23-30,32-34,36-66H2,1-2H3,(H,71,74)/b16-14-,22-20-,35-31-. The van der Waals surface area contributed by atoms with Crippen molar-refractivity contribution in [2.24, 2.45) is 0 Å². The average Bonchev–Trinajstić information content (AvgIpc) is 3.42. The molecule has 0 rings (SSSR count). The second-order valence-corrected chi connectivity index (χ2v) is 23.5. The maximum atomic E-state index is 12.5. The van der Waals surface area contributed by atoms with Crippen LogP contribution < -0.4 is 5.32 Å². The second-order valence-electron chi connectivity index (χ2n) is 23.5. The summed E-state index contributed by atoms with van der Waals surface area (Å²) >= 11 is 0. The zero-order chi connectivity index (χ0) is 55.0. The van der Waals surface area contributed by atoms with Gasteiger partial charge in [0.1, 0.15) is 0 Å². The molecular weight excluding hydrogens is 935 g/mol. The molecule has 6 heteroatoms. The topological polar surface area (TPSA) is 95.9 Å². The Labute approximate surface area is 474 Å². The lowest BCUT2D eigenvalue weighted by molar-refractivity contribution is -0.143. The van der Waals surface area contributed by atoms with Crippen molar-refractivity contribution < 1.29 is 24.5 Å². The number of hydrogen-bond donors (Lipinski definition) is 3. The molecule has 0 heterocycles. The van der Waals surface area contributed by atoms with Gasteiger partial charge in [0.15, 0.2) is 0 Å². The molecule has 0 radical (unpaired) electrons. The minimum absolute atomic E-state index is 0.00359. The van der Waals surface area contributed by atoms with Gasteiger partial charge in [-0.15, -0.1) is 0 Å². The highest BCUT2D eigenvalue weighted by Crippen LogP contribution is 2.18. The molecule has 0 fully saturated rings. The number of rotatable bonds is 64. The Morgan fingerprint density at radius 2 is 0.658 bits per heavy atom. The molecule has 0 aliphatic carbocycles. The van der Waals surface area contributed by atoms with E-state index in [-0.39, 0.29) is 18.5 Å². The maximum absolute atomic E-state index is 12.5. The van der Waals surface area contributed by atoms with Crippen LogP contribution >= 0.6 is 0 Å². The van der Waals surface area contributed by atoms with E-state index < -0.39 is 12.1 Å². The van der Waals surface area contributed by atoms with Crippen molar-refractivity contribution in [2.45, 2.75) is 386 Å². The van der Waals surface area contributed by atoms with Crippen LogP contribution in [0, 0.1) is 0 Å². The number of carbonyl (C=O) groups is 2. The number of amides is 1. The SMILES string of the molecule is CCCCCC/C=C\C/C=C\CCCCCCCCCC(=O)OCCCCCCCCCCC/C=C\CCCCCCCC(=O)NC(CO)C(O)CCCCCCCCCCCCCCCCCCCCCCCCC. The number of allylic oxidation sites excluding steroid dienone is 6. The predicted octanol–water partition coefficient (Wildman–Crippen LogP) is 21.9. The molecule has 0 aliphatic rings. The summed E-state index contributed by atoms with van der Waals surface area (Å²) in [5.41, 5.74) is 0. The van der Waals surface area contributed by atoms with Gasteiger partial charge in [-0.25, -0.2) is 0 Å². The number of ether oxygens (including phenoxy) is 1. The zero-order valence-corrected chi connectivity index (χ0v) is 51.3. The predicted molar refractivity (Wildman–Crippen MR) is 333 cm³/mol. The molecule has 6 nitrogen and oxygen atoms in total. The second kappa shape index (κ2) is 65.6. The van der Waals surface area contributed by atoms with E-state index in [1.165, 1.54) is 276 Å². The summed E-state index contributed by atoms with van der Waals surface area (Å²) in [6.07, 6.45) is 83.1. The normalized spacial score (nSPS) is 12.7. The van der Waals surface area contributed by atoms with Gasteiger partial charge >= 0.3 is 5.97 Å². The molecule has 0 spiro atoms. The Hall–Kier alpha value is -1.92. The molecule has 3 N–H and O–H groups in total. The average molecular weight is 1070 g/mol. The maximum Gasteiger partial charge on any atom is 0.305 e. The molecule has 2 unspecified atom stereocenters. The van der Waals surface area contributed by atoms with E-state index in [9.17, 15) is 19.8 Å². The number of hydrogen-bond acceptors (Lipinski definition) is 5. The van der Waals surface area contributed by atoms with Crippen molar-refractivity contribution in [1.82, 2.24) is 5.32 Å². The number of carbonyl (C=O) groups excluding carboxylic acids is 2. The van der Waals surface area contributed by atoms with Crippen LogP contribution in [0.3, 0.4) is 0 Å². The van der Waals surface area contributed by atoms with Gasteiger partial charge < -0.3 is 20.3 Å². The summed E-state index contributed by atoms with van der Waals surface area (Å²) in [6, 6.07) is -0.554. The third-order valence-electron chi connectivity index (χ3n) is 15.9. The summed E-state index contributed by atoms with van der Waals surface area (Å²) in [6.45, 7) is 4.95. The van der Waals surface area contributed by atoms with Crippen LogP contribution in [0.5, 0.6) is 0 Å². The third kappa shape index (κ3) is 61.3. The molecule has 0 aromatic rings. The molecule has 0 saturated carbocycles. The molecule has 2 atom stereocenters. The first-order chi connectivity index (χ1) is 37.5. The van der Waals surface area contributed by atoms with Crippen LogP contribution in [-0.4, -0.2) is 47.4 Å². The fraction of sp³-hybridized carbons (Fsp3) is 0.886. The molecule has 1 amide bonds. The van der Waals surface area contributed by atoms with Crippen molar-refractivity contribution >= 4 is 11.9 Å². The number of unbranched alkanes of at least 4 members (excludes halogenated alkanes) is 47.